The standard InChI is InChI=1S/C14H9ClN2O3/c1-9-2-4-14(12(6-9)17(18)19)20-13-5-3-11(15)7-10(13)8-16/h2-7H,1H3. The Morgan fingerprint density at radius 1 is 1.25 bits per heavy atom. The number of rotatable bonds is 3. The van der Waals surface area contributed by atoms with E-state index in [0.717, 1.165) is 5.56 Å². The molecule has 2 aromatic carbocycles. The number of halogens is 1. The van der Waals surface area contributed by atoms with Gasteiger partial charge in [0.05, 0.1) is 10.5 Å². The van der Waals surface area contributed by atoms with Crippen LogP contribution in [0.4, 0.5) is 5.69 Å². The molecule has 0 saturated carbocycles. The highest BCUT2D eigenvalue weighted by atomic mass is 35.5. The van der Waals surface area contributed by atoms with Crippen LogP contribution in [0.2, 0.25) is 5.02 Å². The predicted octanol–water partition coefficient (Wildman–Crippen LogP) is 4.22. The van der Waals surface area contributed by atoms with Gasteiger partial charge in [0, 0.05) is 11.1 Å². The molecule has 0 saturated heterocycles. The van der Waals surface area contributed by atoms with Crippen LogP contribution in [-0.4, -0.2) is 4.92 Å². The monoisotopic (exact) mass is 288 g/mol. The van der Waals surface area contributed by atoms with Gasteiger partial charge in [-0.1, -0.05) is 17.7 Å². The van der Waals surface area contributed by atoms with Crippen LogP contribution in [0.3, 0.4) is 0 Å². The summed E-state index contributed by atoms with van der Waals surface area (Å²) in [6, 6.07) is 11.1. The van der Waals surface area contributed by atoms with Crippen LogP contribution < -0.4 is 4.74 Å². The van der Waals surface area contributed by atoms with Crippen molar-refractivity contribution in [3.63, 3.8) is 0 Å². The van der Waals surface area contributed by atoms with Crippen molar-refractivity contribution in [2.24, 2.45) is 0 Å². The van der Waals surface area contributed by atoms with Crippen LogP contribution in [0, 0.1) is 28.4 Å². The van der Waals surface area contributed by atoms with Crippen molar-refractivity contribution in [1.29, 1.82) is 5.26 Å². The van der Waals surface area contributed by atoms with Gasteiger partial charge >= 0.3 is 5.69 Å². The summed E-state index contributed by atoms with van der Waals surface area (Å²) >= 11 is 5.79. The first-order valence-electron chi connectivity index (χ1n) is 5.64. The van der Waals surface area contributed by atoms with Crippen LogP contribution in [0.1, 0.15) is 11.1 Å². The van der Waals surface area contributed by atoms with Gasteiger partial charge in [0.2, 0.25) is 5.75 Å². The highest BCUT2D eigenvalue weighted by molar-refractivity contribution is 6.30. The molecule has 0 amide bonds. The lowest BCUT2D eigenvalue weighted by Crippen LogP contribution is -1.95. The summed E-state index contributed by atoms with van der Waals surface area (Å²) < 4.78 is 5.48. The van der Waals surface area contributed by atoms with Gasteiger partial charge in [-0.3, -0.25) is 10.1 Å². The molecule has 0 radical (unpaired) electrons. The molecule has 0 spiro atoms. The van der Waals surface area contributed by atoms with Crippen LogP contribution >= 0.6 is 11.6 Å². The molecule has 5 nitrogen and oxygen atoms in total. The van der Waals surface area contributed by atoms with Gasteiger partial charge in [0.25, 0.3) is 0 Å². The van der Waals surface area contributed by atoms with Crippen molar-refractivity contribution in [3.05, 3.63) is 62.7 Å². The fraction of sp³-hybridized carbons (Fsp3) is 0.0714. The molecule has 0 aromatic heterocycles. The molecular formula is C14H9ClN2O3. The summed E-state index contributed by atoms with van der Waals surface area (Å²) in [6.07, 6.45) is 0. The van der Waals surface area contributed by atoms with Gasteiger partial charge in [0.1, 0.15) is 11.8 Å². The first kappa shape index (κ1) is 13.8. The SMILES string of the molecule is Cc1ccc(Oc2ccc(Cl)cc2C#N)c([N+](=O)[O-])c1. The number of ether oxygens (including phenoxy) is 1. The van der Waals surface area contributed by atoms with Gasteiger partial charge in [-0.15, -0.1) is 0 Å². The Morgan fingerprint density at radius 2 is 1.95 bits per heavy atom. The van der Waals surface area contributed by atoms with Gasteiger partial charge < -0.3 is 4.74 Å². The molecule has 2 aromatic rings. The molecule has 0 unspecified atom stereocenters. The first-order valence-corrected chi connectivity index (χ1v) is 6.01. The number of nitrogens with zero attached hydrogens (tertiary/aromatic N) is 2. The number of nitriles is 1. The summed E-state index contributed by atoms with van der Waals surface area (Å²) in [5, 5.41) is 20.4. The number of hydrogen-bond acceptors (Lipinski definition) is 4. The summed E-state index contributed by atoms with van der Waals surface area (Å²) in [5.41, 5.74) is 0.817. The lowest BCUT2D eigenvalue weighted by Gasteiger charge is -2.08. The van der Waals surface area contributed by atoms with Crippen molar-refractivity contribution in [1.82, 2.24) is 0 Å². The minimum absolute atomic E-state index is 0.0828. The Balaban J connectivity index is 2.45. The zero-order valence-corrected chi connectivity index (χ0v) is 11.2. The largest absolute Gasteiger partial charge is 0.449 e. The Kier molecular flexibility index (Phi) is 3.87. The predicted molar refractivity (Wildman–Crippen MR) is 74.1 cm³/mol. The molecule has 2 rings (SSSR count). The highest BCUT2D eigenvalue weighted by Gasteiger charge is 2.17. The van der Waals surface area contributed by atoms with E-state index in [1.54, 1.807) is 19.1 Å². The van der Waals surface area contributed by atoms with E-state index < -0.39 is 4.92 Å². The molecule has 0 fully saturated rings. The summed E-state index contributed by atoms with van der Waals surface area (Å²) in [4.78, 5) is 10.5. The van der Waals surface area contributed by atoms with E-state index in [0.29, 0.717) is 5.02 Å². The van der Waals surface area contributed by atoms with Gasteiger partial charge in [-0.05, 0) is 36.8 Å². The molecule has 0 aliphatic heterocycles. The zero-order valence-electron chi connectivity index (χ0n) is 10.5. The Bertz CT molecular complexity index is 723. The van der Waals surface area contributed by atoms with E-state index in [9.17, 15) is 10.1 Å². The van der Waals surface area contributed by atoms with Crippen LogP contribution in [0.15, 0.2) is 36.4 Å². The van der Waals surface area contributed by atoms with Crippen LogP contribution in [0.5, 0.6) is 11.5 Å². The van der Waals surface area contributed by atoms with E-state index in [1.165, 1.54) is 24.3 Å². The lowest BCUT2D eigenvalue weighted by molar-refractivity contribution is -0.385. The summed E-state index contributed by atoms with van der Waals surface area (Å²) in [5.74, 6) is 0.309. The minimum Gasteiger partial charge on any atom is -0.449 e. The number of benzene rings is 2. The first-order chi connectivity index (χ1) is 9.51. The molecule has 0 N–H and O–H groups in total. The summed E-state index contributed by atoms with van der Waals surface area (Å²) in [6.45, 7) is 1.75. The zero-order chi connectivity index (χ0) is 14.7. The maximum absolute atomic E-state index is 11.0. The third-order valence-corrected chi connectivity index (χ3v) is 2.83. The molecule has 0 bridgehead atoms. The second-order valence-corrected chi connectivity index (χ2v) is 4.52. The minimum atomic E-state index is -0.524. The van der Waals surface area contributed by atoms with Gasteiger partial charge in [-0.25, -0.2) is 0 Å². The summed E-state index contributed by atoms with van der Waals surface area (Å²) in [7, 11) is 0. The Labute approximate surface area is 120 Å². The second kappa shape index (κ2) is 5.59. The fourth-order valence-electron chi connectivity index (χ4n) is 1.65. The van der Waals surface area contributed by atoms with Gasteiger partial charge in [-0.2, -0.15) is 5.26 Å². The van der Waals surface area contributed by atoms with Crippen LogP contribution in [0.25, 0.3) is 0 Å². The molecule has 20 heavy (non-hydrogen) atoms. The lowest BCUT2D eigenvalue weighted by atomic mass is 10.2. The number of nitro benzene ring substituents is 1. The van der Waals surface area contributed by atoms with Crippen molar-refractivity contribution in [2.75, 3.05) is 0 Å². The molecular weight excluding hydrogens is 280 g/mol. The smallest absolute Gasteiger partial charge is 0.311 e. The highest BCUT2D eigenvalue weighted by Crippen LogP contribution is 2.34. The molecule has 100 valence electrons. The van der Waals surface area contributed by atoms with E-state index in [4.69, 9.17) is 21.6 Å². The normalized spacial score (nSPS) is 9.85. The van der Waals surface area contributed by atoms with E-state index >= 15 is 0 Å². The number of nitro groups is 1. The molecule has 0 aliphatic rings. The molecule has 6 heteroatoms. The van der Waals surface area contributed by atoms with Gasteiger partial charge in [0.15, 0.2) is 0 Å². The average Bonchev–Trinajstić information content (AvgIpc) is 2.42. The molecule has 0 heterocycles. The average molecular weight is 289 g/mol. The van der Waals surface area contributed by atoms with Crippen molar-refractivity contribution in [2.45, 2.75) is 6.92 Å². The maximum atomic E-state index is 11.0. The third kappa shape index (κ3) is 2.87. The number of hydrogen-bond donors (Lipinski definition) is 0. The van der Waals surface area contributed by atoms with Crippen LogP contribution in [-0.2, 0) is 0 Å². The van der Waals surface area contributed by atoms with Crippen molar-refractivity contribution >= 4 is 17.3 Å². The Morgan fingerprint density at radius 3 is 2.60 bits per heavy atom. The third-order valence-electron chi connectivity index (χ3n) is 2.59. The van der Waals surface area contributed by atoms with E-state index in [-0.39, 0.29) is 22.7 Å². The second-order valence-electron chi connectivity index (χ2n) is 4.08. The quantitative estimate of drug-likeness (QED) is 0.626. The topological polar surface area (TPSA) is 76.2 Å². The number of aryl methyl sites for hydroxylation is 1. The maximum Gasteiger partial charge on any atom is 0.311 e. The fourth-order valence-corrected chi connectivity index (χ4v) is 1.83. The van der Waals surface area contributed by atoms with E-state index in [1.807, 2.05) is 6.07 Å². The Hall–Kier alpha value is -2.58. The van der Waals surface area contributed by atoms with Crippen molar-refractivity contribution in [3.8, 4) is 17.6 Å². The van der Waals surface area contributed by atoms with E-state index in [2.05, 4.69) is 0 Å². The molecule has 0 aliphatic carbocycles. The van der Waals surface area contributed by atoms with Crippen molar-refractivity contribution < 1.29 is 9.66 Å². The molecule has 0 atom stereocenters.